The van der Waals surface area contributed by atoms with E-state index in [2.05, 4.69) is 26.3 Å². The predicted octanol–water partition coefficient (Wildman–Crippen LogP) is 1.03. The Morgan fingerprint density at radius 2 is 1.59 bits per heavy atom. The first-order chi connectivity index (χ1) is 14.8. The lowest BCUT2D eigenvalue weighted by Gasteiger charge is -2.31. The molecule has 0 aliphatic rings. The van der Waals surface area contributed by atoms with Gasteiger partial charge in [-0.05, 0) is 30.4 Å². The highest BCUT2D eigenvalue weighted by molar-refractivity contribution is 5.99. The number of nitrogens with zero attached hydrogens (tertiary/aromatic N) is 1. The summed E-state index contributed by atoms with van der Waals surface area (Å²) in [5.74, 6) is -1.64. The molecule has 32 heavy (non-hydrogen) atoms. The molecular formula is C22H33N5O5. The number of aromatic nitrogens is 1. The van der Waals surface area contributed by atoms with Crippen molar-refractivity contribution in [3.8, 4) is 0 Å². The van der Waals surface area contributed by atoms with E-state index in [-0.39, 0.29) is 17.4 Å². The van der Waals surface area contributed by atoms with Crippen LogP contribution in [-0.4, -0.2) is 53.0 Å². The van der Waals surface area contributed by atoms with E-state index in [4.69, 9.17) is 0 Å². The van der Waals surface area contributed by atoms with Gasteiger partial charge in [0, 0.05) is 13.1 Å². The van der Waals surface area contributed by atoms with Gasteiger partial charge < -0.3 is 26.1 Å². The first kappa shape index (κ1) is 26.7. The predicted molar refractivity (Wildman–Crippen MR) is 120 cm³/mol. The van der Waals surface area contributed by atoms with Crippen LogP contribution < -0.4 is 21.3 Å². The number of carbonyl (C=O) groups is 5. The lowest BCUT2D eigenvalue weighted by atomic mass is 9.85. The minimum atomic E-state index is -0.952. The molecule has 1 aromatic heterocycles. The monoisotopic (exact) mass is 447 g/mol. The quantitative estimate of drug-likeness (QED) is 0.416. The van der Waals surface area contributed by atoms with Crippen molar-refractivity contribution in [3.05, 3.63) is 23.9 Å². The number of nitrogens with one attached hydrogen (secondary N) is 4. The van der Waals surface area contributed by atoms with Crippen LogP contribution in [0.1, 0.15) is 58.8 Å². The number of rotatable bonds is 9. The molecule has 0 saturated heterocycles. The number of amides is 4. The first-order valence-electron chi connectivity index (χ1n) is 10.4. The second kappa shape index (κ2) is 11.4. The summed E-state index contributed by atoms with van der Waals surface area (Å²) in [7, 11) is 0. The standard InChI is InChI=1S/C22H33N5O5/c1-12(2)16(11-28)26-19(30)13(3)24-21(32)18(22(5,6)7)27-20(31)15-8-9-17(23-10-15)25-14(4)29/h8-13,16,18H,1-7H3,(H,24,32)(H,26,30)(H,27,31)(H,23,25,29). The van der Waals surface area contributed by atoms with Crippen molar-refractivity contribution in [2.75, 3.05) is 5.32 Å². The molecule has 0 radical (unpaired) electrons. The van der Waals surface area contributed by atoms with Gasteiger partial charge in [-0.3, -0.25) is 19.2 Å². The van der Waals surface area contributed by atoms with Crippen molar-refractivity contribution in [1.82, 2.24) is 20.9 Å². The van der Waals surface area contributed by atoms with Gasteiger partial charge in [0.2, 0.25) is 17.7 Å². The average molecular weight is 448 g/mol. The second-order valence-electron chi connectivity index (χ2n) is 9.03. The van der Waals surface area contributed by atoms with Crippen molar-refractivity contribution < 1.29 is 24.0 Å². The maximum absolute atomic E-state index is 12.9. The summed E-state index contributed by atoms with van der Waals surface area (Å²) in [6.07, 6.45) is 1.94. The van der Waals surface area contributed by atoms with E-state index >= 15 is 0 Å². The van der Waals surface area contributed by atoms with E-state index < -0.39 is 41.3 Å². The van der Waals surface area contributed by atoms with E-state index in [1.807, 2.05) is 0 Å². The highest BCUT2D eigenvalue weighted by Crippen LogP contribution is 2.20. The van der Waals surface area contributed by atoms with Crippen molar-refractivity contribution in [3.63, 3.8) is 0 Å². The maximum Gasteiger partial charge on any atom is 0.253 e. The number of pyridine rings is 1. The Morgan fingerprint density at radius 3 is 2.03 bits per heavy atom. The Hall–Kier alpha value is -3.30. The Morgan fingerprint density at radius 1 is 0.969 bits per heavy atom. The van der Waals surface area contributed by atoms with Crippen LogP contribution in [0, 0.1) is 11.3 Å². The van der Waals surface area contributed by atoms with Crippen LogP contribution in [-0.2, 0) is 19.2 Å². The molecule has 176 valence electrons. The fourth-order valence-corrected chi connectivity index (χ4v) is 2.68. The molecule has 4 amide bonds. The van der Waals surface area contributed by atoms with Gasteiger partial charge in [-0.15, -0.1) is 0 Å². The van der Waals surface area contributed by atoms with Crippen LogP contribution in [0.15, 0.2) is 18.3 Å². The zero-order valence-corrected chi connectivity index (χ0v) is 19.6. The Labute approximate surface area is 188 Å². The molecule has 1 aromatic rings. The van der Waals surface area contributed by atoms with Gasteiger partial charge in [-0.1, -0.05) is 34.6 Å². The molecule has 0 saturated carbocycles. The molecular weight excluding hydrogens is 414 g/mol. The first-order valence-corrected chi connectivity index (χ1v) is 10.4. The van der Waals surface area contributed by atoms with Gasteiger partial charge in [0.15, 0.2) is 0 Å². The van der Waals surface area contributed by atoms with E-state index in [9.17, 15) is 24.0 Å². The summed E-state index contributed by atoms with van der Waals surface area (Å²) >= 11 is 0. The van der Waals surface area contributed by atoms with E-state index in [1.165, 1.54) is 32.2 Å². The van der Waals surface area contributed by atoms with Crippen LogP contribution in [0.5, 0.6) is 0 Å². The van der Waals surface area contributed by atoms with Crippen LogP contribution in [0.2, 0.25) is 0 Å². The van der Waals surface area contributed by atoms with Crippen molar-refractivity contribution in [2.45, 2.75) is 66.6 Å². The molecule has 0 bridgehead atoms. The molecule has 10 heteroatoms. The van der Waals surface area contributed by atoms with Crippen LogP contribution in [0.3, 0.4) is 0 Å². The lowest BCUT2D eigenvalue weighted by molar-refractivity contribution is -0.131. The van der Waals surface area contributed by atoms with Crippen LogP contribution in [0.4, 0.5) is 5.82 Å². The fraction of sp³-hybridized carbons (Fsp3) is 0.545. The summed E-state index contributed by atoms with van der Waals surface area (Å²) in [5, 5.41) is 10.4. The van der Waals surface area contributed by atoms with Crippen molar-refractivity contribution in [1.29, 1.82) is 0 Å². The average Bonchev–Trinajstić information content (AvgIpc) is 2.68. The number of aldehydes is 1. The number of hydrogen-bond donors (Lipinski definition) is 4. The summed E-state index contributed by atoms with van der Waals surface area (Å²) < 4.78 is 0. The van der Waals surface area contributed by atoms with Gasteiger partial charge in [-0.2, -0.15) is 0 Å². The Kier molecular flexibility index (Phi) is 9.49. The molecule has 1 rings (SSSR count). The topological polar surface area (TPSA) is 146 Å². The van der Waals surface area contributed by atoms with Gasteiger partial charge in [0.05, 0.1) is 11.6 Å². The molecule has 4 N–H and O–H groups in total. The molecule has 1 heterocycles. The van der Waals surface area contributed by atoms with Crippen LogP contribution >= 0.6 is 0 Å². The molecule has 10 nitrogen and oxygen atoms in total. The third-order valence-corrected chi connectivity index (χ3v) is 4.66. The number of carbonyl (C=O) groups excluding carboxylic acids is 5. The Bertz CT molecular complexity index is 845. The zero-order valence-electron chi connectivity index (χ0n) is 19.6. The van der Waals surface area contributed by atoms with Gasteiger partial charge in [-0.25, -0.2) is 4.98 Å². The molecule has 0 aliphatic carbocycles. The largest absolute Gasteiger partial charge is 0.345 e. The smallest absolute Gasteiger partial charge is 0.253 e. The lowest BCUT2D eigenvalue weighted by Crippen LogP contribution is -2.58. The SMILES string of the molecule is CC(=O)Nc1ccc(C(=O)NC(C(=O)NC(C)C(=O)NC(C=O)C(C)C)C(C)(C)C)cn1. The molecule has 0 aromatic carbocycles. The maximum atomic E-state index is 12.9. The molecule has 0 fully saturated rings. The molecule has 3 unspecified atom stereocenters. The molecule has 0 aliphatic heterocycles. The van der Waals surface area contributed by atoms with Gasteiger partial charge in [0.1, 0.15) is 24.2 Å². The van der Waals surface area contributed by atoms with Crippen LogP contribution in [0.25, 0.3) is 0 Å². The van der Waals surface area contributed by atoms with Crippen molar-refractivity contribution >= 4 is 35.7 Å². The summed E-state index contributed by atoms with van der Waals surface area (Å²) in [4.78, 5) is 64.2. The minimum Gasteiger partial charge on any atom is -0.345 e. The summed E-state index contributed by atoms with van der Waals surface area (Å²) in [6.45, 7) is 11.8. The fourth-order valence-electron chi connectivity index (χ4n) is 2.68. The highest BCUT2D eigenvalue weighted by Gasteiger charge is 2.34. The second-order valence-corrected chi connectivity index (χ2v) is 9.03. The number of anilines is 1. The van der Waals surface area contributed by atoms with E-state index in [0.717, 1.165) is 0 Å². The van der Waals surface area contributed by atoms with Gasteiger partial charge in [0.25, 0.3) is 5.91 Å². The zero-order chi connectivity index (χ0) is 24.6. The third kappa shape index (κ3) is 8.09. The van der Waals surface area contributed by atoms with E-state index in [1.54, 1.807) is 34.6 Å². The normalized spacial score (nSPS) is 14.0. The van der Waals surface area contributed by atoms with Crippen molar-refractivity contribution in [2.24, 2.45) is 11.3 Å². The Balaban J connectivity index is 2.88. The highest BCUT2D eigenvalue weighted by atomic mass is 16.2. The third-order valence-electron chi connectivity index (χ3n) is 4.66. The number of hydrogen-bond acceptors (Lipinski definition) is 6. The minimum absolute atomic E-state index is 0.0911. The summed E-state index contributed by atoms with van der Waals surface area (Å²) in [5.41, 5.74) is -0.458. The molecule has 0 spiro atoms. The summed E-state index contributed by atoms with van der Waals surface area (Å²) in [6, 6.07) is 0.434. The van der Waals surface area contributed by atoms with E-state index in [0.29, 0.717) is 12.1 Å². The van der Waals surface area contributed by atoms with Gasteiger partial charge >= 0.3 is 0 Å². The molecule has 3 atom stereocenters.